The summed E-state index contributed by atoms with van der Waals surface area (Å²) in [5, 5.41) is 0. The summed E-state index contributed by atoms with van der Waals surface area (Å²) in [5.41, 5.74) is 0. The molecule has 0 aromatic heterocycles. The van der Waals surface area contributed by atoms with E-state index in [4.69, 9.17) is 0 Å². The van der Waals surface area contributed by atoms with E-state index in [-0.39, 0.29) is 0 Å². The smallest absolute Gasteiger partial charge is 0.0233 e. The van der Waals surface area contributed by atoms with Gasteiger partial charge in [-0.15, -0.1) is 0 Å². The van der Waals surface area contributed by atoms with E-state index in [0.29, 0.717) is 0 Å². The third kappa shape index (κ3) is 1.12. The quantitative estimate of drug-likeness (QED) is 0.476. The van der Waals surface area contributed by atoms with Gasteiger partial charge < -0.3 is 0 Å². The Morgan fingerprint density at radius 1 is 0.750 bits per heavy atom. The Kier molecular flexibility index (Phi) is 0.927. The summed E-state index contributed by atoms with van der Waals surface area (Å²) in [6.45, 7) is 0. The zero-order valence-corrected chi connectivity index (χ0v) is 5.14. The van der Waals surface area contributed by atoms with Crippen molar-refractivity contribution in [3.05, 3.63) is 12.2 Å². The van der Waals surface area contributed by atoms with Gasteiger partial charge in [0.2, 0.25) is 0 Å². The summed E-state index contributed by atoms with van der Waals surface area (Å²) in [7, 11) is 0. The maximum Gasteiger partial charge on any atom is -0.0233 e. The molecule has 0 aromatic rings. The summed E-state index contributed by atoms with van der Waals surface area (Å²) < 4.78 is 0. The van der Waals surface area contributed by atoms with Crippen LogP contribution in [0.5, 0.6) is 0 Å². The fourth-order valence-corrected chi connectivity index (χ4v) is 0.892. The molecule has 0 spiro atoms. The highest BCUT2D eigenvalue weighted by Gasteiger charge is 2.21. The molecule has 0 bridgehead atoms. The Balaban J connectivity index is 1.76. The monoisotopic (exact) mass is 108 g/mol. The van der Waals surface area contributed by atoms with E-state index in [2.05, 4.69) is 12.2 Å². The van der Waals surface area contributed by atoms with Gasteiger partial charge in [-0.25, -0.2) is 0 Å². The lowest BCUT2D eigenvalue weighted by Gasteiger charge is -1.77. The highest BCUT2D eigenvalue weighted by Crippen LogP contribution is 2.35. The molecule has 2 saturated carbocycles. The number of hydrogen-bond acceptors (Lipinski definition) is 0. The van der Waals surface area contributed by atoms with Crippen LogP contribution in [0.25, 0.3) is 0 Å². The van der Waals surface area contributed by atoms with Crippen molar-refractivity contribution < 1.29 is 0 Å². The van der Waals surface area contributed by atoms with Crippen molar-refractivity contribution in [2.45, 2.75) is 25.7 Å². The molecular formula is C8H12. The van der Waals surface area contributed by atoms with Gasteiger partial charge in [0.15, 0.2) is 0 Å². The van der Waals surface area contributed by atoms with Crippen LogP contribution in [0.15, 0.2) is 12.2 Å². The molecule has 8 heavy (non-hydrogen) atoms. The molecule has 2 aliphatic carbocycles. The Labute approximate surface area is 50.6 Å². The van der Waals surface area contributed by atoms with E-state index in [1.54, 1.807) is 0 Å². The highest BCUT2D eigenvalue weighted by molar-refractivity contribution is 5.02. The Morgan fingerprint density at radius 3 is 1.38 bits per heavy atom. The van der Waals surface area contributed by atoms with E-state index in [9.17, 15) is 0 Å². The van der Waals surface area contributed by atoms with Gasteiger partial charge in [0, 0.05) is 0 Å². The van der Waals surface area contributed by atoms with Crippen LogP contribution in [-0.2, 0) is 0 Å². The van der Waals surface area contributed by atoms with Crippen LogP contribution in [0.1, 0.15) is 25.7 Å². The van der Waals surface area contributed by atoms with Gasteiger partial charge >= 0.3 is 0 Å². The Hall–Kier alpha value is -0.260. The molecule has 44 valence electrons. The highest BCUT2D eigenvalue weighted by atomic mass is 14.3. The molecule has 0 radical (unpaired) electrons. The molecule has 2 rings (SSSR count). The molecular weight excluding hydrogens is 96.1 g/mol. The first kappa shape index (κ1) is 4.60. The van der Waals surface area contributed by atoms with Crippen molar-refractivity contribution in [2.24, 2.45) is 11.8 Å². The average Bonchev–Trinajstić information content (AvgIpc) is 2.60. The maximum absolute atomic E-state index is 2.41. The molecule has 0 amide bonds. The molecule has 0 nitrogen and oxygen atoms in total. The third-order valence-electron chi connectivity index (χ3n) is 1.90. The third-order valence-corrected chi connectivity index (χ3v) is 1.90. The molecule has 2 aliphatic rings. The maximum atomic E-state index is 2.41. The fraction of sp³-hybridized carbons (Fsp3) is 0.750. The largest absolute Gasteiger partial charge is 0.0851 e. The van der Waals surface area contributed by atoms with E-state index < -0.39 is 0 Å². The SMILES string of the molecule is C(=C\C1CC1)/C1CC1. The number of rotatable bonds is 2. The van der Waals surface area contributed by atoms with Crippen LogP contribution in [0.3, 0.4) is 0 Å². The Morgan fingerprint density at radius 2 is 1.12 bits per heavy atom. The minimum atomic E-state index is 0.996. The van der Waals surface area contributed by atoms with Gasteiger partial charge in [0.1, 0.15) is 0 Å². The van der Waals surface area contributed by atoms with Crippen molar-refractivity contribution in [3.63, 3.8) is 0 Å². The summed E-state index contributed by atoms with van der Waals surface area (Å²) in [6, 6.07) is 0. The number of hydrogen-bond donors (Lipinski definition) is 0. The summed E-state index contributed by atoms with van der Waals surface area (Å²) in [4.78, 5) is 0. The van der Waals surface area contributed by atoms with Gasteiger partial charge in [-0.1, -0.05) is 12.2 Å². The van der Waals surface area contributed by atoms with Gasteiger partial charge in [0.05, 0.1) is 0 Å². The van der Waals surface area contributed by atoms with Crippen molar-refractivity contribution in [1.82, 2.24) is 0 Å². The average molecular weight is 108 g/mol. The zero-order valence-electron chi connectivity index (χ0n) is 5.14. The van der Waals surface area contributed by atoms with Crippen molar-refractivity contribution >= 4 is 0 Å². The van der Waals surface area contributed by atoms with Crippen LogP contribution >= 0.6 is 0 Å². The molecule has 0 unspecified atom stereocenters. The van der Waals surface area contributed by atoms with Gasteiger partial charge in [-0.05, 0) is 37.5 Å². The summed E-state index contributed by atoms with van der Waals surface area (Å²) >= 11 is 0. The first-order chi connectivity index (χ1) is 3.95. The second-order valence-electron chi connectivity index (χ2n) is 3.06. The second-order valence-corrected chi connectivity index (χ2v) is 3.06. The normalized spacial score (nSPS) is 29.5. The van der Waals surface area contributed by atoms with Crippen molar-refractivity contribution in [2.75, 3.05) is 0 Å². The van der Waals surface area contributed by atoms with E-state index in [1.165, 1.54) is 25.7 Å². The first-order valence-electron chi connectivity index (χ1n) is 3.63. The lowest BCUT2D eigenvalue weighted by molar-refractivity contribution is 1.05. The molecule has 0 saturated heterocycles. The van der Waals surface area contributed by atoms with Crippen LogP contribution in [0, 0.1) is 11.8 Å². The minimum absolute atomic E-state index is 0.996. The topological polar surface area (TPSA) is 0 Å². The molecule has 0 aliphatic heterocycles. The van der Waals surface area contributed by atoms with Gasteiger partial charge in [-0.3, -0.25) is 0 Å². The lowest BCUT2D eigenvalue weighted by Crippen LogP contribution is -1.64. The fourth-order valence-electron chi connectivity index (χ4n) is 0.892. The van der Waals surface area contributed by atoms with Crippen molar-refractivity contribution in [1.29, 1.82) is 0 Å². The minimum Gasteiger partial charge on any atom is -0.0851 e. The second kappa shape index (κ2) is 1.61. The number of allylic oxidation sites excluding steroid dienone is 2. The van der Waals surface area contributed by atoms with Gasteiger partial charge in [-0.2, -0.15) is 0 Å². The van der Waals surface area contributed by atoms with Crippen LogP contribution in [0.2, 0.25) is 0 Å². The zero-order chi connectivity index (χ0) is 5.40. The van der Waals surface area contributed by atoms with E-state index in [1.807, 2.05) is 0 Å². The predicted molar refractivity (Wildman–Crippen MR) is 34.6 cm³/mol. The molecule has 0 heteroatoms. The van der Waals surface area contributed by atoms with E-state index >= 15 is 0 Å². The molecule has 0 atom stereocenters. The van der Waals surface area contributed by atoms with E-state index in [0.717, 1.165) is 11.8 Å². The lowest BCUT2D eigenvalue weighted by atomic mass is 10.3. The predicted octanol–water partition coefficient (Wildman–Crippen LogP) is 2.36. The van der Waals surface area contributed by atoms with Crippen LogP contribution in [-0.4, -0.2) is 0 Å². The standard InChI is InChI=1S/C8H12/c1-2-7(1)5-6-8-3-4-8/h5-8H,1-4H2/b6-5+. The molecule has 2 fully saturated rings. The van der Waals surface area contributed by atoms with Crippen molar-refractivity contribution in [3.8, 4) is 0 Å². The molecule has 0 heterocycles. The summed E-state index contributed by atoms with van der Waals surface area (Å²) in [6.07, 6.45) is 10.7. The molecule has 0 N–H and O–H groups in total. The first-order valence-corrected chi connectivity index (χ1v) is 3.63. The Bertz CT molecular complexity index is 91.2. The van der Waals surface area contributed by atoms with Crippen LogP contribution < -0.4 is 0 Å². The van der Waals surface area contributed by atoms with Gasteiger partial charge in [0.25, 0.3) is 0 Å². The van der Waals surface area contributed by atoms with Crippen LogP contribution in [0.4, 0.5) is 0 Å². The summed E-state index contributed by atoms with van der Waals surface area (Å²) in [5.74, 6) is 1.99. The molecule has 0 aromatic carbocycles.